The highest BCUT2D eigenvalue weighted by atomic mass is 16.5. The summed E-state index contributed by atoms with van der Waals surface area (Å²) in [5.74, 6) is 0.551. The Bertz CT molecular complexity index is 71.7. The van der Waals surface area contributed by atoms with Gasteiger partial charge in [-0.25, -0.2) is 0 Å². The Balaban J connectivity index is 3.16. The highest BCUT2D eigenvalue weighted by Crippen LogP contribution is 2.04. The third kappa shape index (κ3) is 6.05. The van der Waals surface area contributed by atoms with Gasteiger partial charge in [-0.2, -0.15) is 0 Å². The minimum Gasteiger partial charge on any atom is -0.391 e. The number of aliphatic hydroxyl groups is 1. The zero-order valence-electron chi connectivity index (χ0n) is 7.13. The van der Waals surface area contributed by atoms with Crippen LogP contribution in [0.25, 0.3) is 0 Å². The van der Waals surface area contributed by atoms with Crippen LogP contribution in [0.5, 0.6) is 0 Å². The van der Waals surface area contributed by atoms with Crippen LogP contribution in [-0.2, 0) is 4.74 Å². The van der Waals surface area contributed by atoms with Gasteiger partial charge in [0.15, 0.2) is 0 Å². The van der Waals surface area contributed by atoms with Gasteiger partial charge >= 0.3 is 0 Å². The molecule has 0 radical (unpaired) electrons. The van der Waals surface area contributed by atoms with Crippen LogP contribution >= 0.6 is 0 Å². The van der Waals surface area contributed by atoms with Gasteiger partial charge < -0.3 is 9.84 Å². The zero-order chi connectivity index (χ0) is 7.98. The molecule has 0 fully saturated rings. The van der Waals surface area contributed by atoms with Gasteiger partial charge in [-0.3, -0.25) is 0 Å². The third-order valence-corrected chi connectivity index (χ3v) is 1.26. The van der Waals surface area contributed by atoms with E-state index in [4.69, 9.17) is 4.74 Å². The molecule has 0 aliphatic heterocycles. The molecule has 0 spiro atoms. The van der Waals surface area contributed by atoms with Gasteiger partial charge in [0, 0.05) is 6.61 Å². The molecule has 0 aliphatic carbocycles. The molecule has 0 aliphatic rings. The molecule has 0 aromatic rings. The molecule has 2 heteroatoms. The summed E-state index contributed by atoms with van der Waals surface area (Å²) >= 11 is 0. The fourth-order valence-electron chi connectivity index (χ4n) is 0.866. The largest absolute Gasteiger partial charge is 0.391 e. The lowest BCUT2D eigenvalue weighted by atomic mass is 10.1. The van der Waals surface area contributed by atoms with Crippen LogP contribution in [0.15, 0.2) is 0 Å². The van der Waals surface area contributed by atoms with Crippen LogP contribution in [0, 0.1) is 5.92 Å². The van der Waals surface area contributed by atoms with E-state index in [1.54, 1.807) is 0 Å². The molecule has 2 nitrogen and oxygen atoms in total. The van der Waals surface area contributed by atoms with Gasteiger partial charge in [0.2, 0.25) is 0 Å². The van der Waals surface area contributed by atoms with Gasteiger partial charge in [-0.15, -0.1) is 0 Å². The molecule has 0 aromatic heterocycles. The van der Waals surface area contributed by atoms with Crippen molar-refractivity contribution in [1.82, 2.24) is 0 Å². The molecule has 0 saturated carbocycles. The van der Waals surface area contributed by atoms with E-state index < -0.39 is 0 Å². The number of hydrogen-bond donors (Lipinski definition) is 1. The summed E-state index contributed by atoms with van der Waals surface area (Å²) in [7, 11) is 0. The first-order valence-corrected chi connectivity index (χ1v) is 3.92. The first-order valence-electron chi connectivity index (χ1n) is 3.92. The molecule has 0 heterocycles. The molecule has 0 bridgehead atoms. The fourth-order valence-corrected chi connectivity index (χ4v) is 0.866. The molecule has 1 N–H and O–H groups in total. The standard InChI is InChI=1S/C8H18O2/c1-4-10-6-8(9)5-7(2)3/h7-9H,4-6H2,1-3H3/t8-/m0/s1. The normalized spacial score (nSPS) is 14.1. The predicted molar refractivity (Wildman–Crippen MR) is 42.0 cm³/mol. The fraction of sp³-hybridized carbons (Fsp3) is 1.00. The number of rotatable bonds is 5. The second kappa shape index (κ2) is 5.69. The Morgan fingerprint density at radius 2 is 2.00 bits per heavy atom. The quantitative estimate of drug-likeness (QED) is 0.635. The molecule has 0 unspecified atom stereocenters. The minimum atomic E-state index is -0.278. The second-order valence-electron chi connectivity index (χ2n) is 2.94. The van der Waals surface area contributed by atoms with Crippen molar-refractivity contribution in [3.63, 3.8) is 0 Å². The highest BCUT2D eigenvalue weighted by molar-refractivity contribution is 4.56. The summed E-state index contributed by atoms with van der Waals surface area (Å²) in [6.45, 7) is 7.29. The van der Waals surface area contributed by atoms with Crippen molar-refractivity contribution in [2.75, 3.05) is 13.2 Å². The Morgan fingerprint density at radius 1 is 1.40 bits per heavy atom. The monoisotopic (exact) mass is 146 g/mol. The topological polar surface area (TPSA) is 29.5 Å². The lowest BCUT2D eigenvalue weighted by molar-refractivity contribution is 0.0317. The maximum absolute atomic E-state index is 9.23. The van der Waals surface area contributed by atoms with Crippen LogP contribution in [0.4, 0.5) is 0 Å². The third-order valence-electron chi connectivity index (χ3n) is 1.26. The van der Waals surface area contributed by atoms with Gasteiger partial charge in [0.05, 0.1) is 12.7 Å². The van der Waals surface area contributed by atoms with Gasteiger partial charge in [-0.1, -0.05) is 13.8 Å². The van der Waals surface area contributed by atoms with Crippen LogP contribution in [0.2, 0.25) is 0 Å². The van der Waals surface area contributed by atoms with Crippen LogP contribution in [0.3, 0.4) is 0 Å². The van der Waals surface area contributed by atoms with E-state index in [9.17, 15) is 5.11 Å². The molecule has 62 valence electrons. The average molecular weight is 146 g/mol. The highest BCUT2D eigenvalue weighted by Gasteiger charge is 2.05. The average Bonchev–Trinajstić information content (AvgIpc) is 1.82. The van der Waals surface area contributed by atoms with Crippen molar-refractivity contribution in [2.45, 2.75) is 33.3 Å². The smallest absolute Gasteiger partial charge is 0.0776 e. The lowest BCUT2D eigenvalue weighted by Crippen LogP contribution is -2.17. The Kier molecular flexibility index (Phi) is 5.64. The summed E-state index contributed by atoms with van der Waals surface area (Å²) < 4.78 is 5.05. The number of aliphatic hydroxyl groups excluding tert-OH is 1. The molecular formula is C8H18O2. The molecule has 10 heavy (non-hydrogen) atoms. The second-order valence-corrected chi connectivity index (χ2v) is 2.94. The van der Waals surface area contributed by atoms with Crippen molar-refractivity contribution >= 4 is 0 Å². The number of ether oxygens (including phenoxy) is 1. The van der Waals surface area contributed by atoms with Gasteiger partial charge in [0.1, 0.15) is 0 Å². The summed E-state index contributed by atoms with van der Waals surface area (Å²) in [6, 6.07) is 0. The van der Waals surface area contributed by atoms with Gasteiger partial charge in [0.25, 0.3) is 0 Å². The van der Waals surface area contributed by atoms with E-state index in [-0.39, 0.29) is 6.10 Å². The van der Waals surface area contributed by atoms with E-state index in [1.807, 2.05) is 6.92 Å². The maximum Gasteiger partial charge on any atom is 0.0776 e. The molecular weight excluding hydrogens is 128 g/mol. The van der Waals surface area contributed by atoms with Crippen molar-refractivity contribution in [3.05, 3.63) is 0 Å². The molecule has 0 amide bonds. The zero-order valence-corrected chi connectivity index (χ0v) is 7.13. The lowest BCUT2D eigenvalue weighted by Gasteiger charge is -2.11. The predicted octanol–water partition coefficient (Wildman–Crippen LogP) is 1.43. The molecule has 1 atom stereocenters. The van der Waals surface area contributed by atoms with Crippen molar-refractivity contribution < 1.29 is 9.84 Å². The molecule has 0 aromatic carbocycles. The Hall–Kier alpha value is -0.0800. The maximum atomic E-state index is 9.23. The van der Waals surface area contributed by atoms with E-state index in [0.717, 1.165) is 6.42 Å². The van der Waals surface area contributed by atoms with E-state index in [2.05, 4.69) is 13.8 Å². The first-order chi connectivity index (χ1) is 4.66. The van der Waals surface area contributed by atoms with Crippen LogP contribution < -0.4 is 0 Å². The van der Waals surface area contributed by atoms with Crippen molar-refractivity contribution in [1.29, 1.82) is 0 Å². The van der Waals surface area contributed by atoms with Gasteiger partial charge in [-0.05, 0) is 19.3 Å². The summed E-state index contributed by atoms with van der Waals surface area (Å²) in [6.07, 6.45) is 0.556. The SMILES string of the molecule is CCOC[C@@H](O)CC(C)C. The Morgan fingerprint density at radius 3 is 2.40 bits per heavy atom. The summed E-state index contributed by atoms with van der Waals surface area (Å²) in [4.78, 5) is 0. The molecule has 0 saturated heterocycles. The summed E-state index contributed by atoms with van der Waals surface area (Å²) in [5.41, 5.74) is 0. The minimum absolute atomic E-state index is 0.278. The van der Waals surface area contributed by atoms with Crippen molar-refractivity contribution in [3.8, 4) is 0 Å². The Labute approximate surface area is 63.2 Å². The van der Waals surface area contributed by atoms with E-state index in [1.165, 1.54) is 0 Å². The number of hydrogen-bond acceptors (Lipinski definition) is 2. The first kappa shape index (κ1) is 9.92. The van der Waals surface area contributed by atoms with Crippen LogP contribution in [-0.4, -0.2) is 24.4 Å². The van der Waals surface area contributed by atoms with E-state index >= 15 is 0 Å². The summed E-state index contributed by atoms with van der Waals surface area (Å²) in [5, 5.41) is 9.23. The van der Waals surface area contributed by atoms with Crippen LogP contribution in [0.1, 0.15) is 27.2 Å². The van der Waals surface area contributed by atoms with E-state index in [0.29, 0.717) is 19.1 Å². The van der Waals surface area contributed by atoms with Crippen molar-refractivity contribution in [2.24, 2.45) is 5.92 Å². The molecule has 0 rings (SSSR count).